The van der Waals surface area contributed by atoms with Crippen LogP contribution in [0.3, 0.4) is 0 Å². The Morgan fingerprint density at radius 3 is 2.74 bits per heavy atom. The molecule has 0 bridgehead atoms. The second-order valence-electron chi connectivity index (χ2n) is 8.70. The van der Waals surface area contributed by atoms with Gasteiger partial charge in [0.15, 0.2) is 5.69 Å². The molecule has 3 aromatic rings. The van der Waals surface area contributed by atoms with Crippen LogP contribution >= 0.6 is 0 Å². The lowest BCUT2D eigenvalue weighted by molar-refractivity contribution is 0.0947. The van der Waals surface area contributed by atoms with Gasteiger partial charge in [-0.05, 0) is 78.4 Å². The van der Waals surface area contributed by atoms with Gasteiger partial charge in [0.1, 0.15) is 5.75 Å². The molecule has 35 heavy (non-hydrogen) atoms. The fourth-order valence-electron chi connectivity index (χ4n) is 3.76. The van der Waals surface area contributed by atoms with Crippen LogP contribution in [-0.2, 0) is 6.54 Å². The molecule has 1 aliphatic rings. The largest absolute Gasteiger partial charge is 0.494 e. The van der Waals surface area contributed by atoms with Crippen LogP contribution in [0.5, 0.6) is 5.75 Å². The molecule has 4 rings (SSSR count). The van der Waals surface area contributed by atoms with Gasteiger partial charge < -0.3 is 10.5 Å². The van der Waals surface area contributed by atoms with Crippen LogP contribution in [-0.4, -0.2) is 62.0 Å². The maximum absolute atomic E-state index is 12.9. The highest BCUT2D eigenvalue weighted by molar-refractivity contribution is 5.94. The number of ether oxygens (including phenoxy) is 1. The zero-order chi connectivity index (χ0) is 24.6. The zero-order valence-corrected chi connectivity index (χ0v) is 20.1. The predicted octanol–water partition coefficient (Wildman–Crippen LogP) is 2.41. The van der Waals surface area contributed by atoms with Gasteiger partial charge in [-0.1, -0.05) is 25.5 Å². The first kappa shape index (κ1) is 24.3. The fourth-order valence-corrected chi connectivity index (χ4v) is 3.76. The van der Waals surface area contributed by atoms with E-state index in [0.717, 1.165) is 50.1 Å². The Morgan fingerprint density at radius 1 is 1.29 bits per heavy atom. The average molecular weight is 482 g/mol. The molecule has 0 aliphatic carbocycles. The van der Waals surface area contributed by atoms with Crippen LogP contribution < -0.4 is 15.9 Å². The van der Waals surface area contributed by atoms with Crippen molar-refractivity contribution in [2.45, 2.75) is 46.1 Å². The van der Waals surface area contributed by atoms with E-state index in [-0.39, 0.29) is 17.3 Å². The van der Waals surface area contributed by atoms with E-state index in [1.807, 2.05) is 24.3 Å². The number of carbonyl (C=O) groups excluding carboxylic acids is 1. The first-order chi connectivity index (χ1) is 17.0. The molecule has 3 N–H and O–H groups in total. The Kier molecular flexibility index (Phi) is 8.03. The third-order valence-corrected chi connectivity index (χ3v) is 5.95. The third kappa shape index (κ3) is 6.21. The molecule has 0 saturated carbocycles. The second kappa shape index (κ2) is 11.6. The van der Waals surface area contributed by atoms with E-state index in [1.54, 1.807) is 6.21 Å². The number of benzene rings is 1. The first-order valence-electron chi connectivity index (χ1n) is 11.9. The Labute approximate surface area is 203 Å². The lowest BCUT2D eigenvalue weighted by Gasteiger charge is -2.30. The molecule has 0 unspecified atom stereocenters. The van der Waals surface area contributed by atoms with Crippen LogP contribution in [0.1, 0.15) is 61.3 Å². The molecule has 0 spiro atoms. The van der Waals surface area contributed by atoms with Crippen molar-refractivity contribution in [3.8, 4) is 11.6 Å². The number of anilines is 1. The number of likely N-dealkylation sites (tertiary alicyclic amines) is 1. The van der Waals surface area contributed by atoms with Crippen molar-refractivity contribution in [3.63, 3.8) is 0 Å². The first-order valence-corrected chi connectivity index (χ1v) is 11.9. The maximum atomic E-state index is 12.9. The van der Waals surface area contributed by atoms with Gasteiger partial charge in [0.25, 0.3) is 5.91 Å². The van der Waals surface area contributed by atoms with Gasteiger partial charge in [-0.2, -0.15) is 9.78 Å². The smallest absolute Gasteiger partial charge is 0.293 e. The molecule has 3 heterocycles. The number of nitrogen functional groups attached to an aromatic ring is 1. The van der Waals surface area contributed by atoms with Crippen molar-refractivity contribution in [1.29, 1.82) is 0 Å². The summed E-state index contributed by atoms with van der Waals surface area (Å²) in [6.07, 6.45) is 5.83. The number of hydrogen-bond donors (Lipinski definition) is 2. The van der Waals surface area contributed by atoms with Crippen molar-refractivity contribution in [1.82, 2.24) is 35.6 Å². The quantitative estimate of drug-likeness (QED) is 0.253. The van der Waals surface area contributed by atoms with E-state index >= 15 is 0 Å². The molecule has 0 radical (unpaired) electrons. The van der Waals surface area contributed by atoms with Crippen molar-refractivity contribution in [2.24, 2.45) is 11.0 Å². The third-order valence-electron chi connectivity index (χ3n) is 5.95. The number of nitrogens with two attached hydrogens (primary N) is 1. The van der Waals surface area contributed by atoms with Crippen LogP contribution in [0.15, 0.2) is 34.0 Å². The molecule has 12 heteroatoms. The number of piperidine rings is 1. The van der Waals surface area contributed by atoms with Crippen LogP contribution in [0.4, 0.5) is 5.82 Å². The molecule has 2 aromatic heterocycles. The summed E-state index contributed by atoms with van der Waals surface area (Å²) < 4.78 is 11.8. The van der Waals surface area contributed by atoms with Gasteiger partial charge in [0.2, 0.25) is 11.6 Å². The lowest BCUT2D eigenvalue weighted by atomic mass is 9.99. The maximum Gasteiger partial charge on any atom is 0.293 e. The summed E-state index contributed by atoms with van der Waals surface area (Å²) in [4.78, 5) is 15.2. The molecule has 1 aliphatic heterocycles. The van der Waals surface area contributed by atoms with Crippen LogP contribution in [0, 0.1) is 5.92 Å². The molecular formula is C23H31N9O3. The van der Waals surface area contributed by atoms with Crippen molar-refractivity contribution < 1.29 is 14.2 Å². The van der Waals surface area contributed by atoms with E-state index in [4.69, 9.17) is 15.1 Å². The minimum Gasteiger partial charge on any atom is -0.494 e. The number of amides is 1. The molecule has 1 amide bonds. The number of hydrazone groups is 1. The number of unbranched alkanes of at least 4 members (excludes halogenated alkanes) is 1. The standard InChI is InChI=1S/C23H31N9O3/c1-3-4-13-34-18-7-5-17(6-8-18)14-25-27-23(33)20-19(15-31-11-9-16(2)10-12-31)32(30-26-20)22-21(24)28-35-29-22/h5-8,14,16H,3-4,9-13,15H2,1-2H3,(H2,24,28)(H,27,33)/b25-14+. The van der Waals surface area contributed by atoms with E-state index in [0.29, 0.717) is 24.8 Å². The topological polar surface area (TPSA) is 150 Å². The molecule has 1 fully saturated rings. The lowest BCUT2D eigenvalue weighted by Crippen LogP contribution is -2.34. The van der Waals surface area contributed by atoms with E-state index in [2.05, 4.69) is 49.9 Å². The summed E-state index contributed by atoms with van der Waals surface area (Å²) in [7, 11) is 0. The van der Waals surface area contributed by atoms with Crippen molar-refractivity contribution in [3.05, 3.63) is 41.2 Å². The molecule has 186 valence electrons. The summed E-state index contributed by atoms with van der Waals surface area (Å²) in [5.74, 6) is 1.26. The van der Waals surface area contributed by atoms with Crippen molar-refractivity contribution >= 4 is 17.9 Å². The summed E-state index contributed by atoms with van der Waals surface area (Å²) in [5.41, 5.74) is 9.91. The fraction of sp³-hybridized carbons (Fsp3) is 0.478. The van der Waals surface area contributed by atoms with E-state index < -0.39 is 5.91 Å². The Morgan fingerprint density at radius 2 is 2.06 bits per heavy atom. The summed E-state index contributed by atoms with van der Waals surface area (Å²) in [5, 5.41) is 19.7. The summed E-state index contributed by atoms with van der Waals surface area (Å²) in [6, 6.07) is 7.49. The SMILES string of the molecule is CCCCOc1ccc(/C=N/NC(=O)c2nnn(-c3nonc3N)c2CN2CCC(C)CC2)cc1. The highest BCUT2D eigenvalue weighted by atomic mass is 16.6. The van der Waals surface area contributed by atoms with Gasteiger partial charge in [-0.3, -0.25) is 9.69 Å². The van der Waals surface area contributed by atoms with Crippen LogP contribution in [0.25, 0.3) is 5.82 Å². The number of aromatic nitrogens is 5. The molecule has 0 atom stereocenters. The van der Waals surface area contributed by atoms with Gasteiger partial charge in [0, 0.05) is 6.54 Å². The minimum absolute atomic E-state index is 0.0653. The van der Waals surface area contributed by atoms with Gasteiger partial charge >= 0.3 is 0 Å². The van der Waals surface area contributed by atoms with Crippen LogP contribution in [0.2, 0.25) is 0 Å². The van der Waals surface area contributed by atoms with Gasteiger partial charge in [-0.15, -0.1) is 5.10 Å². The molecule has 1 aromatic carbocycles. The van der Waals surface area contributed by atoms with Gasteiger partial charge in [0.05, 0.1) is 18.5 Å². The number of hydrogen-bond acceptors (Lipinski definition) is 10. The number of rotatable bonds is 10. The average Bonchev–Trinajstić information content (AvgIpc) is 3.47. The summed E-state index contributed by atoms with van der Waals surface area (Å²) >= 11 is 0. The normalized spacial score (nSPS) is 15.0. The highest BCUT2D eigenvalue weighted by Gasteiger charge is 2.26. The van der Waals surface area contributed by atoms with E-state index in [9.17, 15) is 4.79 Å². The highest BCUT2D eigenvalue weighted by Crippen LogP contribution is 2.21. The monoisotopic (exact) mass is 481 g/mol. The Bertz CT molecular complexity index is 1130. The molecule has 12 nitrogen and oxygen atoms in total. The van der Waals surface area contributed by atoms with E-state index in [1.165, 1.54) is 4.68 Å². The predicted molar refractivity (Wildman–Crippen MR) is 129 cm³/mol. The Balaban J connectivity index is 1.45. The minimum atomic E-state index is -0.484. The zero-order valence-electron chi connectivity index (χ0n) is 20.1. The Hall–Kier alpha value is -3.80. The number of nitrogens with one attached hydrogen (secondary N) is 1. The number of carbonyl (C=O) groups is 1. The summed E-state index contributed by atoms with van der Waals surface area (Å²) in [6.45, 7) is 7.34. The van der Waals surface area contributed by atoms with Gasteiger partial charge in [-0.25, -0.2) is 10.1 Å². The molecular weight excluding hydrogens is 450 g/mol. The number of nitrogens with zero attached hydrogens (tertiary/aromatic N) is 7. The molecule has 1 saturated heterocycles. The van der Waals surface area contributed by atoms with Crippen molar-refractivity contribution in [2.75, 3.05) is 25.4 Å². The second-order valence-corrected chi connectivity index (χ2v) is 8.70.